The molecule has 0 bridgehead atoms. The summed E-state index contributed by atoms with van der Waals surface area (Å²) in [6.45, 7) is 1.64. The highest BCUT2D eigenvalue weighted by molar-refractivity contribution is 5.69. The van der Waals surface area contributed by atoms with Gasteiger partial charge in [0.25, 0.3) is 0 Å². The van der Waals surface area contributed by atoms with Gasteiger partial charge in [0.2, 0.25) is 5.88 Å². The van der Waals surface area contributed by atoms with Gasteiger partial charge in [0.1, 0.15) is 5.75 Å². The van der Waals surface area contributed by atoms with Crippen molar-refractivity contribution < 1.29 is 19.4 Å². The summed E-state index contributed by atoms with van der Waals surface area (Å²) < 4.78 is 10.4. The second kappa shape index (κ2) is 6.94. The Labute approximate surface area is 112 Å². The Hall–Kier alpha value is -1.82. The van der Waals surface area contributed by atoms with Crippen LogP contribution in [0.3, 0.4) is 0 Å². The summed E-state index contributed by atoms with van der Waals surface area (Å²) in [7, 11) is 3.08. The lowest BCUT2D eigenvalue weighted by molar-refractivity contribution is -0.141. The number of carboxylic acids is 1. The van der Waals surface area contributed by atoms with Crippen molar-refractivity contribution in [1.29, 1.82) is 0 Å². The van der Waals surface area contributed by atoms with Crippen LogP contribution in [0.2, 0.25) is 0 Å². The number of ether oxygens (including phenoxy) is 2. The summed E-state index contributed by atoms with van der Waals surface area (Å²) in [5.41, 5.74) is 6.75. The van der Waals surface area contributed by atoms with Gasteiger partial charge in [0.05, 0.1) is 25.7 Å². The van der Waals surface area contributed by atoms with Crippen LogP contribution in [0, 0.1) is 5.92 Å². The molecule has 1 aromatic heterocycles. The monoisotopic (exact) mass is 268 g/mol. The van der Waals surface area contributed by atoms with Gasteiger partial charge in [0, 0.05) is 12.2 Å². The summed E-state index contributed by atoms with van der Waals surface area (Å²) in [6, 6.07) is 1.43. The molecule has 1 aromatic rings. The average molecular weight is 268 g/mol. The van der Waals surface area contributed by atoms with Gasteiger partial charge in [-0.3, -0.25) is 4.79 Å². The van der Waals surface area contributed by atoms with Crippen molar-refractivity contribution in [3.63, 3.8) is 0 Å². The lowest BCUT2D eigenvalue weighted by Gasteiger charge is -2.17. The number of hydrogen-bond donors (Lipinski definition) is 2. The molecule has 1 heterocycles. The minimum absolute atomic E-state index is 0.293. The van der Waals surface area contributed by atoms with E-state index in [0.717, 1.165) is 5.56 Å². The predicted molar refractivity (Wildman–Crippen MR) is 70.4 cm³/mol. The smallest absolute Gasteiger partial charge is 0.306 e. The molecule has 2 atom stereocenters. The number of methoxy groups -OCH3 is 2. The first-order valence-electron chi connectivity index (χ1n) is 6.03. The number of hydrogen-bond acceptors (Lipinski definition) is 5. The average Bonchev–Trinajstić information content (AvgIpc) is 2.38. The standard InChI is InChI=1S/C13H20N2O4/c1-8(13(16)17)6-9(14)7-10-11(18-2)4-5-15-12(10)19-3/h4-5,8-9H,6-7,14H2,1-3H3,(H,16,17). The molecule has 1 rings (SSSR count). The van der Waals surface area contributed by atoms with Crippen LogP contribution < -0.4 is 15.2 Å². The molecule has 0 aliphatic rings. The summed E-state index contributed by atoms with van der Waals surface area (Å²) in [5, 5.41) is 8.88. The molecule has 0 saturated carbocycles. The van der Waals surface area contributed by atoms with Gasteiger partial charge in [-0.15, -0.1) is 0 Å². The molecule has 0 spiro atoms. The number of rotatable bonds is 7. The van der Waals surface area contributed by atoms with Gasteiger partial charge in [-0.2, -0.15) is 0 Å². The van der Waals surface area contributed by atoms with Crippen molar-refractivity contribution in [1.82, 2.24) is 4.98 Å². The fraction of sp³-hybridized carbons (Fsp3) is 0.538. The van der Waals surface area contributed by atoms with Crippen LogP contribution in [0.1, 0.15) is 18.9 Å². The zero-order valence-corrected chi connectivity index (χ0v) is 11.4. The van der Waals surface area contributed by atoms with Crippen LogP contribution >= 0.6 is 0 Å². The lowest BCUT2D eigenvalue weighted by Crippen LogP contribution is -2.28. The Morgan fingerprint density at radius 3 is 2.68 bits per heavy atom. The summed E-state index contributed by atoms with van der Waals surface area (Å²) in [5.74, 6) is -0.229. The number of nitrogens with zero attached hydrogens (tertiary/aromatic N) is 1. The minimum atomic E-state index is -0.847. The Morgan fingerprint density at radius 1 is 1.47 bits per heavy atom. The Bertz CT molecular complexity index is 414. The zero-order valence-electron chi connectivity index (χ0n) is 11.4. The van der Waals surface area contributed by atoms with E-state index in [4.69, 9.17) is 20.3 Å². The number of aliphatic carboxylic acids is 1. The maximum Gasteiger partial charge on any atom is 0.306 e. The van der Waals surface area contributed by atoms with E-state index in [2.05, 4.69) is 4.98 Å². The van der Waals surface area contributed by atoms with Crippen LogP contribution in [-0.4, -0.2) is 36.3 Å². The molecule has 0 aromatic carbocycles. The SMILES string of the molecule is COc1ccnc(OC)c1CC(N)CC(C)C(=O)O. The molecule has 0 aliphatic carbocycles. The van der Waals surface area contributed by atoms with E-state index in [1.807, 2.05) is 0 Å². The molecule has 0 saturated heterocycles. The molecule has 2 unspecified atom stereocenters. The molecule has 0 fully saturated rings. The van der Waals surface area contributed by atoms with Gasteiger partial charge in [-0.25, -0.2) is 4.98 Å². The van der Waals surface area contributed by atoms with E-state index < -0.39 is 11.9 Å². The van der Waals surface area contributed by atoms with Gasteiger partial charge in [0.15, 0.2) is 0 Å². The van der Waals surface area contributed by atoms with E-state index >= 15 is 0 Å². The van der Waals surface area contributed by atoms with Gasteiger partial charge in [-0.05, 0) is 18.9 Å². The van der Waals surface area contributed by atoms with E-state index in [-0.39, 0.29) is 6.04 Å². The highest BCUT2D eigenvalue weighted by Gasteiger charge is 2.19. The van der Waals surface area contributed by atoms with Crippen molar-refractivity contribution in [2.75, 3.05) is 14.2 Å². The van der Waals surface area contributed by atoms with Crippen molar-refractivity contribution in [2.45, 2.75) is 25.8 Å². The third kappa shape index (κ3) is 4.10. The second-order valence-electron chi connectivity index (χ2n) is 4.44. The largest absolute Gasteiger partial charge is 0.496 e. The van der Waals surface area contributed by atoms with E-state index in [1.165, 1.54) is 7.11 Å². The molecule has 0 radical (unpaired) electrons. The lowest BCUT2D eigenvalue weighted by atomic mass is 9.97. The molecule has 0 amide bonds. The van der Waals surface area contributed by atoms with Crippen LogP contribution in [0.25, 0.3) is 0 Å². The molecule has 3 N–H and O–H groups in total. The highest BCUT2D eigenvalue weighted by atomic mass is 16.5. The zero-order chi connectivity index (χ0) is 14.4. The van der Waals surface area contributed by atoms with Crippen LogP contribution in [0.5, 0.6) is 11.6 Å². The third-order valence-electron chi connectivity index (χ3n) is 2.93. The van der Waals surface area contributed by atoms with Gasteiger partial charge in [-0.1, -0.05) is 6.92 Å². The number of carboxylic acid groups (broad SMARTS) is 1. The molecule has 19 heavy (non-hydrogen) atoms. The van der Waals surface area contributed by atoms with E-state index in [0.29, 0.717) is 24.5 Å². The maximum atomic E-state index is 10.8. The first-order chi connectivity index (χ1) is 8.99. The molecule has 0 aliphatic heterocycles. The van der Waals surface area contributed by atoms with Crippen molar-refractivity contribution in [3.05, 3.63) is 17.8 Å². The minimum Gasteiger partial charge on any atom is -0.496 e. The normalized spacial score (nSPS) is 13.7. The second-order valence-corrected chi connectivity index (χ2v) is 4.44. The molecule has 6 heteroatoms. The first kappa shape index (κ1) is 15.2. The predicted octanol–water partition coefficient (Wildman–Crippen LogP) is 1.08. The summed E-state index contributed by atoms with van der Waals surface area (Å²) in [4.78, 5) is 14.9. The number of nitrogens with two attached hydrogens (primary N) is 1. The van der Waals surface area contributed by atoms with Gasteiger partial charge >= 0.3 is 5.97 Å². The van der Waals surface area contributed by atoms with Crippen LogP contribution in [0.4, 0.5) is 0 Å². The topological polar surface area (TPSA) is 94.7 Å². The molecular formula is C13H20N2O4. The fourth-order valence-corrected chi connectivity index (χ4v) is 1.91. The molecular weight excluding hydrogens is 248 g/mol. The Kier molecular flexibility index (Phi) is 5.57. The number of carbonyl (C=O) groups is 1. The van der Waals surface area contributed by atoms with Crippen molar-refractivity contribution >= 4 is 5.97 Å². The van der Waals surface area contributed by atoms with Crippen molar-refractivity contribution in [3.8, 4) is 11.6 Å². The Balaban J connectivity index is 2.83. The van der Waals surface area contributed by atoms with E-state index in [9.17, 15) is 4.79 Å². The molecule has 106 valence electrons. The maximum absolute atomic E-state index is 10.8. The number of aromatic nitrogens is 1. The highest BCUT2D eigenvalue weighted by Crippen LogP contribution is 2.27. The Morgan fingerprint density at radius 2 is 2.16 bits per heavy atom. The van der Waals surface area contributed by atoms with E-state index in [1.54, 1.807) is 26.3 Å². The quantitative estimate of drug-likeness (QED) is 0.768. The van der Waals surface area contributed by atoms with Crippen LogP contribution in [-0.2, 0) is 11.2 Å². The van der Waals surface area contributed by atoms with Gasteiger partial charge < -0.3 is 20.3 Å². The third-order valence-corrected chi connectivity index (χ3v) is 2.93. The summed E-state index contributed by atoms with van der Waals surface area (Å²) >= 11 is 0. The number of pyridine rings is 1. The van der Waals surface area contributed by atoms with Crippen LogP contribution in [0.15, 0.2) is 12.3 Å². The fourth-order valence-electron chi connectivity index (χ4n) is 1.91. The molecule has 6 nitrogen and oxygen atoms in total. The first-order valence-corrected chi connectivity index (χ1v) is 6.03. The van der Waals surface area contributed by atoms with Crippen molar-refractivity contribution in [2.24, 2.45) is 11.7 Å². The summed E-state index contributed by atoms with van der Waals surface area (Å²) in [6.07, 6.45) is 2.43.